The van der Waals surface area contributed by atoms with Crippen LogP contribution in [-0.2, 0) is 0 Å². The SMILES string of the molecule is [C-]#[N+]c1c(C)c(N=Nc2ccc(-c3ccc(N=Nc4c(C)c(C#N)c5nc6cc(Cl)ccc6n5c4O)c(C)c3)cc2C)c(O)n2c1nc1cc(Cl)ccc12. The molecule has 0 saturated heterocycles. The van der Waals surface area contributed by atoms with E-state index in [0.717, 1.165) is 22.3 Å². The van der Waals surface area contributed by atoms with Crippen molar-refractivity contribution >= 4 is 85.0 Å². The van der Waals surface area contributed by atoms with Gasteiger partial charge in [0.1, 0.15) is 23.0 Å². The number of aromatic nitrogens is 4. The summed E-state index contributed by atoms with van der Waals surface area (Å²) in [5, 5.41) is 51.4. The molecule has 14 heteroatoms. The summed E-state index contributed by atoms with van der Waals surface area (Å²) in [4.78, 5) is 12.8. The van der Waals surface area contributed by atoms with E-state index in [4.69, 9.17) is 29.8 Å². The zero-order chi connectivity index (χ0) is 38.0. The second-order valence-electron chi connectivity index (χ2n) is 12.8. The normalized spacial score (nSPS) is 11.9. The Kier molecular flexibility index (Phi) is 8.22. The molecule has 4 aromatic carbocycles. The molecule has 54 heavy (non-hydrogen) atoms. The number of fused-ring (bicyclic) bond motifs is 6. The molecule has 0 fully saturated rings. The maximum atomic E-state index is 11.3. The highest BCUT2D eigenvalue weighted by molar-refractivity contribution is 6.31. The highest BCUT2D eigenvalue weighted by Gasteiger charge is 2.22. The Balaban J connectivity index is 1.09. The minimum absolute atomic E-state index is 0.161. The van der Waals surface area contributed by atoms with Gasteiger partial charge in [-0.15, -0.1) is 10.2 Å². The van der Waals surface area contributed by atoms with E-state index in [2.05, 4.69) is 41.3 Å². The van der Waals surface area contributed by atoms with Crippen molar-refractivity contribution in [2.75, 3.05) is 0 Å². The molecule has 0 saturated carbocycles. The van der Waals surface area contributed by atoms with E-state index < -0.39 is 0 Å². The molecule has 0 aliphatic heterocycles. The van der Waals surface area contributed by atoms with Crippen molar-refractivity contribution in [1.82, 2.24) is 18.8 Å². The van der Waals surface area contributed by atoms with Crippen LogP contribution in [0.5, 0.6) is 11.8 Å². The number of benzene rings is 4. The Bertz CT molecular complexity index is 2870. The molecular formula is C40H26Cl2N10O2. The summed E-state index contributed by atoms with van der Waals surface area (Å²) in [7, 11) is 0. The number of hydrogen-bond acceptors (Lipinski definition) is 9. The monoisotopic (exact) mass is 748 g/mol. The number of rotatable bonds is 5. The molecule has 262 valence electrons. The van der Waals surface area contributed by atoms with Crippen molar-refractivity contribution in [2.24, 2.45) is 20.5 Å². The number of nitrogens with zero attached hydrogens (tertiary/aromatic N) is 10. The Labute approximate surface area is 317 Å². The van der Waals surface area contributed by atoms with Crippen molar-refractivity contribution in [3.8, 4) is 29.0 Å². The lowest BCUT2D eigenvalue weighted by Crippen LogP contribution is -1.95. The number of aryl methyl sites for hydroxylation is 2. The summed E-state index contributed by atoms with van der Waals surface area (Å²) in [5.41, 5.74) is 9.38. The van der Waals surface area contributed by atoms with Gasteiger partial charge < -0.3 is 10.2 Å². The molecule has 0 amide bonds. The Morgan fingerprint density at radius 3 is 1.63 bits per heavy atom. The predicted molar refractivity (Wildman–Crippen MR) is 209 cm³/mol. The van der Waals surface area contributed by atoms with E-state index in [1.165, 1.54) is 8.80 Å². The largest absolute Gasteiger partial charge is 0.493 e. The van der Waals surface area contributed by atoms with Gasteiger partial charge in [-0.05, 0) is 116 Å². The first kappa shape index (κ1) is 34.2. The number of hydrogen-bond donors (Lipinski definition) is 2. The van der Waals surface area contributed by atoms with E-state index in [0.29, 0.717) is 65.9 Å². The molecule has 8 aromatic rings. The fourth-order valence-electron chi connectivity index (χ4n) is 6.58. The molecule has 0 radical (unpaired) electrons. The van der Waals surface area contributed by atoms with E-state index >= 15 is 0 Å². The molecular weight excluding hydrogens is 723 g/mol. The second-order valence-corrected chi connectivity index (χ2v) is 13.6. The highest BCUT2D eigenvalue weighted by Crippen LogP contribution is 2.43. The zero-order valence-electron chi connectivity index (χ0n) is 29.1. The summed E-state index contributed by atoms with van der Waals surface area (Å²) in [6, 6.07) is 23.9. The smallest absolute Gasteiger partial charge is 0.234 e. The lowest BCUT2D eigenvalue weighted by atomic mass is 10.0. The van der Waals surface area contributed by atoms with Crippen LogP contribution in [0.1, 0.15) is 27.8 Å². The molecule has 0 unspecified atom stereocenters. The number of aromatic hydroxyl groups is 2. The van der Waals surface area contributed by atoms with E-state index in [1.54, 1.807) is 50.2 Å². The molecule has 12 nitrogen and oxygen atoms in total. The molecule has 0 aliphatic rings. The third-order valence-corrected chi connectivity index (χ3v) is 9.89. The average molecular weight is 750 g/mol. The maximum Gasteiger partial charge on any atom is 0.234 e. The van der Waals surface area contributed by atoms with Gasteiger partial charge in [0.05, 0.1) is 40.0 Å². The van der Waals surface area contributed by atoms with Crippen molar-refractivity contribution in [3.05, 3.63) is 122 Å². The topological polar surface area (TPSA) is 153 Å². The molecule has 4 aromatic heterocycles. The van der Waals surface area contributed by atoms with Crippen LogP contribution in [0.15, 0.2) is 93.3 Å². The van der Waals surface area contributed by atoms with Crippen LogP contribution in [0.25, 0.3) is 49.3 Å². The van der Waals surface area contributed by atoms with E-state index in [-0.39, 0.29) is 34.4 Å². The quantitative estimate of drug-likeness (QED) is 0.132. The van der Waals surface area contributed by atoms with Crippen LogP contribution in [0.3, 0.4) is 0 Å². The summed E-state index contributed by atoms with van der Waals surface area (Å²) in [6.45, 7) is 15.1. The first-order valence-corrected chi connectivity index (χ1v) is 17.2. The molecule has 0 bridgehead atoms. The van der Waals surface area contributed by atoms with Gasteiger partial charge in [0.15, 0.2) is 11.3 Å². The molecule has 8 rings (SSSR count). The number of pyridine rings is 2. The van der Waals surface area contributed by atoms with E-state index in [1.807, 2.05) is 50.2 Å². The van der Waals surface area contributed by atoms with Gasteiger partial charge >= 0.3 is 0 Å². The molecule has 4 heterocycles. The number of halogens is 2. The summed E-state index contributed by atoms with van der Waals surface area (Å²) < 4.78 is 2.98. The van der Waals surface area contributed by atoms with Crippen LogP contribution >= 0.6 is 23.2 Å². The highest BCUT2D eigenvalue weighted by atomic mass is 35.5. The zero-order valence-corrected chi connectivity index (χ0v) is 30.6. The van der Waals surface area contributed by atoms with Gasteiger partial charge in [-0.3, -0.25) is 8.80 Å². The van der Waals surface area contributed by atoms with Crippen molar-refractivity contribution < 1.29 is 10.2 Å². The first-order valence-electron chi connectivity index (χ1n) is 16.5. The third kappa shape index (κ3) is 5.44. The Morgan fingerprint density at radius 2 is 1.15 bits per heavy atom. The fraction of sp³-hybridized carbons (Fsp3) is 0.100. The van der Waals surface area contributed by atoms with Crippen LogP contribution in [0.4, 0.5) is 28.4 Å². The third-order valence-electron chi connectivity index (χ3n) is 9.42. The van der Waals surface area contributed by atoms with Crippen LogP contribution in [0.2, 0.25) is 10.0 Å². The van der Waals surface area contributed by atoms with Crippen LogP contribution in [0, 0.1) is 45.6 Å². The molecule has 0 spiro atoms. The average Bonchev–Trinajstić information content (AvgIpc) is 3.71. The second kappa shape index (κ2) is 13.0. The van der Waals surface area contributed by atoms with Gasteiger partial charge in [0, 0.05) is 15.6 Å². The van der Waals surface area contributed by atoms with Gasteiger partial charge in [-0.2, -0.15) is 15.5 Å². The van der Waals surface area contributed by atoms with Gasteiger partial charge in [-0.1, -0.05) is 35.3 Å². The lowest BCUT2D eigenvalue weighted by Gasteiger charge is -2.10. The Morgan fingerprint density at radius 1 is 0.667 bits per heavy atom. The van der Waals surface area contributed by atoms with Gasteiger partial charge in [-0.25, -0.2) is 14.8 Å². The number of imidazole rings is 2. The van der Waals surface area contributed by atoms with Crippen molar-refractivity contribution in [2.45, 2.75) is 27.7 Å². The van der Waals surface area contributed by atoms with Crippen LogP contribution < -0.4 is 0 Å². The number of nitriles is 1. The number of azo groups is 2. The minimum atomic E-state index is -0.185. The molecule has 2 N–H and O–H groups in total. The van der Waals surface area contributed by atoms with Gasteiger partial charge in [0.25, 0.3) is 0 Å². The minimum Gasteiger partial charge on any atom is -0.493 e. The van der Waals surface area contributed by atoms with Crippen molar-refractivity contribution in [1.29, 1.82) is 5.26 Å². The van der Waals surface area contributed by atoms with Crippen LogP contribution in [-0.4, -0.2) is 29.0 Å². The summed E-state index contributed by atoms with van der Waals surface area (Å²) in [5.74, 6) is -0.363. The summed E-state index contributed by atoms with van der Waals surface area (Å²) >= 11 is 12.3. The standard InChI is InChI=1S/C40H26Cl2N10O2/c1-19-14-23(6-10-28(19)47-49-35-21(3)27(18-43)37-45-30-16-25(41)8-12-32(30)51(37)39(35)53)24-7-11-29(20(2)15-24)48-50-36-22(4)34(44-5)38-46-31-17-26(42)9-13-33(31)52(38)40(36)54/h6-17,53-54H,1-4H3. The molecule has 0 aliphatic carbocycles. The Hall–Kier alpha value is -6.86. The summed E-state index contributed by atoms with van der Waals surface area (Å²) in [6.07, 6.45) is 0. The maximum absolute atomic E-state index is 11.3. The predicted octanol–water partition coefficient (Wildman–Crippen LogP) is 12.2. The van der Waals surface area contributed by atoms with Gasteiger partial charge in [0.2, 0.25) is 17.4 Å². The first-order chi connectivity index (χ1) is 26.0. The fourth-order valence-corrected chi connectivity index (χ4v) is 6.92. The van der Waals surface area contributed by atoms with Crippen molar-refractivity contribution in [3.63, 3.8) is 0 Å². The lowest BCUT2D eigenvalue weighted by molar-refractivity contribution is 0.448. The van der Waals surface area contributed by atoms with E-state index in [9.17, 15) is 15.5 Å². The molecule has 0 atom stereocenters.